The maximum absolute atomic E-state index is 13.8. The first-order valence-corrected chi connectivity index (χ1v) is 12.4. The zero-order valence-electron chi connectivity index (χ0n) is 19.3. The number of aromatic nitrogens is 3. The molecule has 170 valence electrons. The van der Waals surface area contributed by atoms with Gasteiger partial charge >= 0.3 is 0 Å². The van der Waals surface area contributed by atoms with Crippen LogP contribution in [0.15, 0.2) is 12.4 Å². The standard InChI is InChI=1S/C25H37N3O3/c1-4-31-17-7-5-16-6-8-18-19-9-10-20(22(30)15-28-26-11-12-27-28)25(19,3)14-21(29)23(18)24(16,2)13-17/h11-12,16-20,23H,4-10,13-15H2,1-3H3. The Labute approximate surface area is 185 Å². The third-order valence-electron chi connectivity index (χ3n) is 9.81. The molecular formula is C25H37N3O3. The van der Waals surface area contributed by atoms with Crippen LogP contribution in [0.1, 0.15) is 72.1 Å². The van der Waals surface area contributed by atoms with E-state index in [0.717, 1.165) is 38.7 Å². The maximum atomic E-state index is 13.8. The van der Waals surface area contributed by atoms with E-state index in [1.165, 1.54) is 17.6 Å². The summed E-state index contributed by atoms with van der Waals surface area (Å²) in [5.74, 6) is 2.25. The van der Waals surface area contributed by atoms with E-state index in [1.54, 1.807) is 12.4 Å². The highest BCUT2D eigenvalue weighted by Crippen LogP contribution is 2.66. The minimum Gasteiger partial charge on any atom is -0.378 e. The average Bonchev–Trinajstić information content (AvgIpc) is 3.34. The Morgan fingerprint density at radius 1 is 1.10 bits per heavy atom. The van der Waals surface area contributed by atoms with Crippen molar-refractivity contribution in [2.24, 2.45) is 40.4 Å². The molecule has 4 saturated carbocycles. The SMILES string of the molecule is CCOC1CCC2CCC3C4CCC(C(=O)Cn5nccn5)C4(C)CC(=O)C3C2(C)C1. The summed E-state index contributed by atoms with van der Waals surface area (Å²) in [6, 6.07) is 0. The number of nitrogens with zero attached hydrogens (tertiary/aromatic N) is 3. The molecule has 4 aliphatic rings. The van der Waals surface area contributed by atoms with Crippen LogP contribution in [0.3, 0.4) is 0 Å². The number of hydrogen-bond acceptors (Lipinski definition) is 5. The number of ketones is 2. The van der Waals surface area contributed by atoms with Gasteiger partial charge in [0, 0.05) is 24.9 Å². The Morgan fingerprint density at radius 2 is 1.84 bits per heavy atom. The number of rotatable bonds is 5. The summed E-state index contributed by atoms with van der Waals surface area (Å²) in [4.78, 5) is 28.5. The molecule has 0 saturated heterocycles. The van der Waals surface area contributed by atoms with Crippen LogP contribution in [0.5, 0.6) is 0 Å². The van der Waals surface area contributed by atoms with Gasteiger partial charge in [0.25, 0.3) is 0 Å². The molecule has 5 rings (SSSR count). The van der Waals surface area contributed by atoms with Gasteiger partial charge in [-0.05, 0) is 80.5 Å². The predicted octanol–water partition coefficient (Wildman–Crippen LogP) is 4.09. The summed E-state index contributed by atoms with van der Waals surface area (Å²) in [6.07, 6.45) is 11.8. The van der Waals surface area contributed by atoms with Crippen molar-refractivity contribution in [2.45, 2.75) is 84.8 Å². The number of ether oxygens (including phenoxy) is 1. The van der Waals surface area contributed by atoms with Crippen LogP contribution in [0, 0.1) is 40.4 Å². The lowest BCUT2D eigenvalue weighted by Gasteiger charge is -2.60. The van der Waals surface area contributed by atoms with Crippen LogP contribution in [-0.2, 0) is 20.9 Å². The van der Waals surface area contributed by atoms with Crippen molar-refractivity contribution in [3.05, 3.63) is 12.4 Å². The average molecular weight is 428 g/mol. The van der Waals surface area contributed by atoms with E-state index in [2.05, 4.69) is 31.0 Å². The van der Waals surface area contributed by atoms with Crippen LogP contribution in [0.4, 0.5) is 0 Å². The fourth-order valence-electron chi connectivity index (χ4n) is 8.61. The first-order valence-electron chi connectivity index (χ1n) is 12.4. The topological polar surface area (TPSA) is 74.1 Å². The van der Waals surface area contributed by atoms with E-state index in [9.17, 15) is 9.59 Å². The van der Waals surface area contributed by atoms with Gasteiger partial charge in [0.2, 0.25) is 0 Å². The summed E-state index contributed by atoms with van der Waals surface area (Å²) in [5.41, 5.74) is -0.153. The fraction of sp³-hybridized carbons (Fsp3) is 0.840. The Bertz CT molecular complexity index is 839. The molecule has 0 bridgehead atoms. The van der Waals surface area contributed by atoms with Gasteiger partial charge in [-0.1, -0.05) is 13.8 Å². The van der Waals surface area contributed by atoms with E-state index in [-0.39, 0.29) is 35.0 Å². The summed E-state index contributed by atoms with van der Waals surface area (Å²) in [5, 5.41) is 8.23. The quantitative estimate of drug-likeness (QED) is 0.708. The lowest BCUT2D eigenvalue weighted by atomic mass is 9.44. The van der Waals surface area contributed by atoms with Gasteiger partial charge in [-0.25, -0.2) is 0 Å². The Kier molecular flexibility index (Phi) is 5.35. The van der Waals surface area contributed by atoms with Gasteiger partial charge in [0.1, 0.15) is 12.3 Å². The zero-order valence-corrected chi connectivity index (χ0v) is 19.3. The molecule has 0 radical (unpaired) electrons. The highest BCUT2D eigenvalue weighted by atomic mass is 16.5. The van der Waals surface area contributed by atoms with E-state index >= 15 is 0 Å². The second-order valence-electron chi connectivity index (χ2n) is 11.2. The molecule has 0 aromatic carbocycles. The largest absolute Gasteiger partial charge is 0.378 e. The Hall–Kier alpha value is -1.56. The van der Waals surface area contributed by atoms with E-state index in [4.69, 9.17) is 4.74 Å². The zero-order chi connectivity index (χ0) is 21.8. The van der Waals surface area contributed by atoms with Crippen molar-refractivity contribution < 1.29 is 14.3 Å². The van der Waals surface area contributed by atoms with Crippen molar-refractivity contribution in [3.8, 4) is 0 Å². The lowest BCUT2D eigenvalue weighted by molar-refractivity contribution is -0.165. The number of Topliss-reactive ketones (excluding diaryl/α,β-unsaturated/α-hetero) is 2. The monoisotopic (exact) mass is 427 g/mol. The molecule has 8 atom stereocenters. The van der Waals surface area contributed by atoms with Gasteiger partial charge < -0.3 is 4.74 Å². The molecule has 1 heterocycles. The van der Waals surface area contributed by atoms with Gasteiger partial charge in [-0.3, -0.25) is 9.59 Å². The molecule has 4 aliphatic carbocycles. The summed E-state index contributed by atoms with van der Waals surface area (Å²) in [7, 11) is 0. The molecule has 1 aromatic rings. The predicted molar refractivity (Wildman–Crippen MR) is 116 cm³/mol. The minimum absolute atomic E-state index is 0.0542. The number of hydrogen-bond donors (Lipinski definition) is 0. The highest BCUT2D eigenvalue weighted by Gasteiger charge is 2.64. The first kappa shape index (κ1) is 21.3. The molecule has 31 heavy (non-hydrogen) atoms. The normalized spacial score (nSPS) is 44.4. The molecule has 4 fully saturated rings. The number of carbonyl (C=O) groups excluding carboxylic acids is 2. The van der Waals surface area contributed by atoms with Gasteiger partial charge in [-0.15, -0.1) is 0 Å². The van der Waals surface area contributed by atoms with E-state index in [1.807, 2.05) is 0 Å². The summed E-state index contributed by atoms with van der Waals surface area (Å²) >= 11 is 0. The number of fused-ring (bicyclic) bond motifs is 5. The maximum Gasteiger partial charge on any atom is 0.159 e. The smallest absolute Gasteiger partial charge is 0.159 e. The van der Waals surface area contributed by atoms with Crippen molar-refractivity contribution >= 4 is 11.6 Å². The van der Waals surface area contributed by atoms with E-state index < -0.39 is 0 Å². The third kappa shape index (κ3) is 3.32. The molecule has 1 aromatic heterocycles. The van der Waals surface area contributed by atoms with Crippen LogP contribution in [-0.4, -0.2) is 39.3 Å². The molecule has 0 spiro atoms. The van der Waals surface area contributed by atoms with Gasteiger partial charge in [0.15, 0.2) is 5.78 Å². The number of carbonyl (C=O) groups is 2. The van der Waals surface area contributed by atoms with Crippen LogP contribution in [0.2, 0.25) is 0 Å². The molecule has 6 nitrogen and oxygen atoms in total. The van der Waals surface area contributed by atoms with Crippen LogP contribution >= 0.6 is 0 Å². The molecule has 8 unspecified atom stereocenters. The van der Waals surface area contributed by atoms with Gasteiger partial charge in [-0.2, -0.15) is 15.0 Å². The summed E-state index contributed by atoms with van der Waals surface area (Å²) < 4.78 is 6.05. The summed E-state index contributed by atoms with van der Waals surface area (Å²) in [6.45, 7) is 7.67. The molecule has 0 N–H and O–H groups in total. The lowest BCUT2D eigenvalue weighted by Crippen LogP contribution is -2.58. The van der Waals surface area contributed by atoms with Gasteiger partial charge in [0.05, 0.1) is 18.5 Å². The molecular weight excluding hydrogens is 390 g/mol. The van der Waals surface area contributed by atoms with Crippen molar-refractivity contribution in [3.63, 3.8) is 0 Å². The minimum atomic E-state index is -0.209. The molecule has 6 heteroatoms. The van der Waals surface area contributed by atoms with E-state index in [0.29, 0.717) is 36.1 Å². The first-order chi connectivity index (χ1) is 14.9. The van der Waals surface area contributed by atoms with Crippen LogP contribution < -0.4 is 0 Å². The van der Waals surface area contributed by atoms with Crippen molar-refractivity contribution in [1.29, 1.82) is 0 Å². The highest BCUT2D eigenvalue weighted by molar-refractivity contribution is 5.87. The van der Waals surface area contributed by atoms with Crippen LogP contribution in [0.25, 0.3) is 0 Å². The fourth-order valence-corrected chi connectivity index (χ4v) is 8.61. The molecule has 0 aliphatic heterocycles. The Morgan fingerprint density at radius 3 is 2.58 bits per heavy atom. The van der Waals surface area contributed by atoms with Crippen molar-refractivity contribution in [1.82, 2.24) is 15.0 Å². The second kappa shape index (κ2) is 7.79. The Balaban J connectivity index is 1.40. The molecule has 0 amide bonds. The third-order valence-corrected chi connectivity index (χ3v) is 9.81. The van der Waals surface area contributed by atoms with Crippen molar-refractivity contribution in [2.75, 3.05) is 6.61 Å². The second-order valence-corrected chi connectivity index (χ2v) is 11.2.